The van der Waals surface area contributed by atoms with Gasteiger partial charge in [-0.15, -0.1) is 0 Å². The van der Waals surface area contributed by atoms with Crippen LogP contribution in [-0.2, 0) is 5.41 Å². The number of nitrogens with zero attached hydrogens (tertiary/aromatic N) is 2. The van der Waals surface area contributed by atoms with E-state index in [1.807, 2.05) is 24.3 Å². The SMILES string of the molecule is CCCC(C#N)(COc1cccc(Cl)c1)c1cccnc1. The van der Waals surface area contributed by atoms with Crippen molar-refractivity contribution in [2.24, 2.45) is 0 Å². The van der Waals surface area contributed by atoms with Crippen LogP contribution in [0.25, 0.3) is 0 Å². The largest absolute Gasteiger partial charge is 0.492 e. The molecule has 1 aromatic heterocycles. The summed E-state index contributed by atoms with van der Waals surface area (Å²) in [6.45, 7) is 2.34. The molecule has 1 atom stereocenters. The molecule has 0 saturated heterocycles. The summed E-state index contributed by atoms with van der Waals surface area (Å²) in [7, 11) is 0. The molecular weight excluding hydrogens is 284 g/mol. The van der Waals surface area contributed by atoms with Gasteiger partial charge in [0.2, 0.25) is 0 Å². The molecule has 0 saturated carbocycles. The van der Waals surface area contributed by atoms with Gasteiger partial charge in [0.05, 0.1) is 6.07 Å². The number of aromatic nitrogens is 1. The van der Waals surface area contributed by atoms with Crippen LogP contribution in [0.15, 0.2) is 48.8 Å². The summed E-state index contributed by atoms with van der Waals surface area (Å²) in [5, 5.41) is 10.3. The van der Waals surface area contributed by atoms with E-state index in [2.05, 4.69) is 18.0 Å². The van der Waals surface area contributed by atoms with Crippen LogP contribution < -0.4 is 4.74 Å². The third-order valence-corrected chi connectivity index (χ3v) is 3.62. The maximum absolute atomic E-state index is 9.71. The predicted octanol–water partition coefficient (Wildman–Crippen LogP) is 4.38. The van der Waals surface area contributed by atoms with Crippen molar-refractivity contribution >= 4 is 11.6 Å². The molecule has 1 unspecified atom stereocenters. The Balaban J connectivity index is 2.23. The van der Waals surface area contributed by atoms with E-state index in [1.165, 1.54) is 0 Å². The minimum atomic E-state index is -0.689. The molecule has 0 aliphatic rings. The predicted molar refractivity (Wildman–Crippen MR) is 83.4 cm³/mol. The summed E-state index contributed by atoms with van der Waals surface area (Å²) in [5.74, 6) is 0.669. The fourth-order valence-electron chi connectivity index (χ4n) is 2.29. The molecule has 0 aliphatic heterocycles. The summed E-state index contributed by atoms with van der Waals surface area (Å²) in [5.41, 5.74) is 0.196. The first kappa shape index (κ1) is 15.3. The number of pyridine rings is 1. The number of ether oxygens (including phenoxy) is 1. The number of hydrogen-bond acceptors (Lipinski definition) is 3. The second-order valence-corrected chi connectivity index (χ2v) is 5.37. The molecule has 108 valence electrons. The van der Waals surface area contributed by atoms with Gasteiger partial charge in [0.15, 0.2) is 0 Å². The van der Waals surface area contributed by atoms with Gasteiger partial charge >= 0.3 is 0 Å². The zero-order valence-electron chi connectivity index (χ0n) is 11.9. The smallest absolute Gasteiger partial charge is 0.120 e. The number of nitriles is 1. The van der Waals surface area contributed by atoms with Crippen molar-refractivity contribution in [2.45, 2.75) is 25.2 Å². The lowest BCUT2D eigenvalue weighted by Gasteiger charge is -2.26. The average Bonchev–Trinajstić information content (AvgIpc) is 2.52. The number of benzene rings is 1. The molecule has 1 aromatic carbocycles. The molecule has 0 aliphatic carbocycles. The van der Waals surface area contributed by atoms with Gasteiger partial charge in [-0.05, 0) is 36.2 Å². The second-order valence-electron chi connectivity index (χ2n) is 4.93. The Bertz CT molecular complexity index is 624. The van der Waals surface area contributed by atoms with Crippen molar-refractivity contribution in [1.82, 2.24) is 4.98 Å². The van der Waals surface area contributed by atoms with Gasteiger partial charge < -0.3 is 4.74 Å². The number of rotatable bonds is 6. The molecule has 0 amide bonds. The summed E-state index contributed by atoms with van der Waals surface area (Å²) in [6, 6.07) is 13.4. The molecule has 0 fully saturated rings. The van der Waals surface area contributed by atoms with E-state index < -0.39 is 5.41 Å². The Kier molecular flexibility index (Phi) is 5.19. The van der Waals surface area contributed by atoms with Gasteiger partial charge in [0, 0.05) is 17.4 Å². The standard InChI is InChI=1S/C17H17ClN2O/c1-2-8-17(12-19,14-5-4-9-20-11-14)13-21-16-7-3-6-15(18)10-16/h3-7,9-11H,2,8,13H2,1H3. The third kappa shape index (κ3) is 3.74. The first-order chi connectivity index (χ1) is 10.2. The van der Waals surface area contributed by atoms with Crippen LogP contribution in [0.5, 0.6) is 5.75 Å². The molecule has 2 rings (SSSR count). The van der Waals surface area contributed by atoms with Crippen LogP contribution in [0.4, 0.5) is 0 Å². The highest BCUT2D eigenvalue weighted by molar-refractivity contribution is 6.30. The lowest BCUT2D eigenvalue weighted by Crippen LogP contribution is -2.32. The van der Waals surface area contributed by atoms with Crippen molar-refractivity contribution in [3.63, 3.8) is 0 Å². The number of hydrogen-bond donors (Lipinski definition) is 0. The Morgan fingerprint density at radius 1 is 1.33 bits per heavy atom. The summed E-state index contributed by atoms with van der Waals surface area (Å²) >= 11 is 5.95. The molecule has 1 heterocycles. The minimum Gasteiger partial charge on any atom is -0.492 e. The quantitative estimate of drug-likeness (QED) is 0.795. The van der Waals surface area contributed by atoms with Crippen molar-refractivity contribution in [3.8, 4) is 11.8 Å². The molecular formula is C17H17ClN2O. The van der Waals surface area contributed by atoms with E-state index in [-0.39, 0.29) is 6.61 Å². The van der Waals surface area contributed by atoms with Crippen LogP contribution >= 0.6 is 11.6 Å². The summed E-state index contributed by atoms with van der Waals surface area (Å²) in [4.78, 5) is 4.12. The van der Waals surface area contributed by atoms with Crippen molar-refractivity contribution in [1.29, 1.82) is 5.26 Å². The van der Waals surface area contributed by atoms with E-state index >= 15 is 0 Å². The van der Waals surface area contributed by atoms with Gasteiger partial charge in [-0.2, -0.15) is 5.26 Å². The molecule has 0 N–H and O–H groups in total. The minimum absolute atomic E-state index is 0.281. The summed E-state index contributed by atoms with van der Waals surface area (Å²) < 4.78 is 5.82. The van der Waals surface area contributed by atoms with Crippen molar-refractivity contribution in [2.75, 3.05) is 6.61 Å². The maximum Gasteiger partial charge on any atom is 0.120 e. The van der Waals surface area contributed by atoms with Crippen LogP contribution in [0.2, 0.25) is 5.02 Å². The van der Waals surface area contributed by atoms with Gasteiger partial charge in [-0.3, -0.25) is 4.98 Å². The van der Waals surface area contributed by atoms with E-state index in [9.17, 15) is 5.26 Å². The summed E-state index contributed by atoms with van der Waals surface area (Å²) in [6.07, 6.45) is 5.05. The van der Waals surface area contributed by atoms with Gasteiger partial charge in [0.25, 0.3) is 0 Å². The fraction of sp³-hybridized carbons (Fsp3) is 0.294. The second kappa shape index (κ2) is 7.10. The molecule has 0 bridgehead atoms. The highest BCUT2D eigenvalue weighted by Gasteiger charge is 2.33. The molecule has 4 heteroatoms. The molecule has 2 aromatic rings. The first-order valence-corrected chi connectivity index (χ1v) is 7.28. The molecule has 0 radical (unpaired) electrons. The fourth-order valence-corrected chi connectivity index (χ4v) is 2.47. The van der Waals surface area contributed by atoms with Crippen molar-refractivity contribution < 1.29 is 4.74 Å². The van der Waals surface area contributed by atoms with Gasteiger partial charge in [-0.1, -0.05) is 37.1 Å². The van der Waals surface area contributed by atoms with E-state index in [0.29, 0.717) is 10.8 Å². The monoisotopic (exact) mass is 300 g/mol. The van der Waals surface area contributed by atoms with Gasteiger partial charge in [0.1, 0.15) is 17.8 Å². The van der Waals surface area contributed by atoms with Crippen LogP contribution in [0.1, 0.15) is 25.3 Å². The highest BCUT2D eigenvalue weighted by Crippen LogP contribution is 2.30. The maximum atomic E-state index is 9.71. The molecule has 0 spiro atoms. The Labute approximate surface area is 130 Å². The average molecular weight is 301 g/mol. The zero-order valence-corrected chi connectivity index (χ0v) is 12.7. The topological polar surface area (TPSA) is 45.9 Å². The van der Waals surface area contributed by atoms with Crippen LogP contribution in [-0.4, -0.2) is 11.6 Å². The van der Waals surface area contributed by atoms with Gasteiger partial charge in [-0.25, -0.2) is 0 Å². The van der Waals surface area contributed by atoms with Crippen LogP contribution in [0, 0.1) is 11.3 Å². The number of halogens is 1. The van der Waals surface area contributed by atoms with E-state index in [0.717, 1.165) is 18.4 Å². The molecule has 3 nitrogen and oxygen atoms in total. The third-order valence-electron chi connectivity index (χ3n) is 3.39. The Morgan fingerprint density at radius 3 is 2.81 bits per heavy atom. The Morgan fingerprint density at radius 2 is 2.19 bits per heavy atom. The Hall–Kier alpha value is -2.05. The van der Waals surface area contributed by atoms with Crippen LogP contribution in [0.3, 0.4) is 0 Å². The normalized spacial score (nSPS) is 13.2. The van der Waals surface area contributed by atoms with E-state index in [4.69, 9.17) is 16.3 Å². The first-order valence-electron chi connectivity index (χ1n) is 6.90. The lowest BCUT2D eigenvalue weighted by atomic mass is 9.79. The lowest BCUT2D eigenvalue weighted by molar-refractivity contribution is 0.242. The molecule has 21 heavy (non-hydrogen) atoms. The highest BCUT2D eigenvalue weighted by atomic mass is 35.5. The van der Waals surface area contributed by atoms with Crippen molar-refractivity contribution in [3.05, 3.63) is 59.4 Å². The zero-order chi connectivity index (χ0) is 15.1. The van der Waals surface area contributed by atoms with E-state index in [1.54, 1.807) is 24.5 Å².